The molecule has 0 aromatic heterocycles. The zero-order valence-electron chi connectivity index (χ0n) is 10.8. The summed E-state index contributed by atoms with van der Waals surface area (Å²) in [5.41, 5.74) is 0.989. The molecule has 0 spiro atoms. The highest BCUT2D eigenvalue weighted by Crippen LogP contribution is 2.26. The molecule has 1 N–H and O–H groups in total. The predicted molar refractivity (Wildman–Crippen MR) is 72.9 cm³/mol. The Hall–Kier alpha value is -2.09. The molecular weight excluding hydrogens is 242 g/mol. The Bertz CT molecular complexity index is 502. The summed E-state index contributed by atoms with van der Waals surface area (Å²) in [5, 5.41) is 23.0. The molecule has 0 radical (unpaired) electrons. The lowest BCUT2D eigenvalue weighted by atomic mass is 9.89. The molecule has 2 rings (SSSR count). The van der Waals surface area contributed by atoms with Crippen molar-refractivity contribution < 1.29 is 4.92 Å². The highest BCUT2D eigenvalue weighted by Gasteiger charge is 2.15. The SMILES string of the molecule is N#Cc1cc([N+](=O)[O-])ccc1NCC1CCCCC1. The number of hydrogen-bond donors (Lipinski definition) is 1. The van der Waals surface area contributed by atoms with Gasteiger partial charge in [-0.25, -0.2) is 0 Å². The third-order valence-electron chi connectivity index (χ3n) is 3.64. The molecule has 1 aliphatic rings. The van der Waals surface area contributed by atoms with Crippen molar-refractivity contribution in [3.8, 4) is 6.07 Å². The van der Waals surface area contributed by atoms with Crippen LogP contribution in [0.2, 0.25) is 0 Å². The van der Waals surface area contributed by atoms with Crippen molar-refractivity contribution in [1.82, 2.24) is 0 Å². The summed E-state index contributed by atoms with van der Waals surface area (Å²) in [6.45, 7) is 0.840. The summed E-state index contributed by atoms with van der Waals surface area (Å²) in [5.74, 6) is 0.649. The van der Waals surface area contributed by atoms with E-state index >= 15 is 0 Å². The molecule has 1 saturated carbocycles. The van der Waals surface area contributed by atoms with E-state index in [1.807, 2.05) is 6.07 Å². The fraction of sp³-hybridized carbons (Fsp3) is 0.500. The molecule has 100 valence electrons. The fourth-order valence-corrected chi connectivity index (χ4v) is 2.54. The second-order valence-corrected chi connectivity index (χ2v) is 4.98. The van der Waals surface area contributed by atoms with Crippen LogP contribution in [0, 0.1) is 27.4 Å². The molecule has 0 amide bonds. The number of nitrogens with zero attached hydrogens (tertiary/aromatic N) is 2. The predicted octanol–water partition coefficient (Wildman–Crippen LogP) is 3.46. The Morgan fingerprint density at radius 2 is 2.11 bits per heavy atom. The minimum atomic E-state index is -0.480. The van der Waals surface area contributed by atoms with Crippen molar-refractivity contribution in [3.63, 3.8) is 0 Å². The average Bonchev–Trinajstić information content (AvgIpc) is 2.45. The third-order valence-corrected chi connectivity index (χ3v) is 3.64. The number of non-ortho nitro benzene ring substituents is 1. The smallest absolute Gasteiger partial charge is 0.270 e. The number of nitro benzene ring substituents is 1. The molecule has 19 heavy (non-hydrogen) atoms. The van der Waals surface area contributed by atoms with Gasteiger partial charge in [-0.05, 0) is 24.8 Å². The molecule has 0 saturated heterocycles. The van der Waals surface area contributed by atoms with Gasteiger partial charge in [0, 0.05) is 18.7 Å². The average molecular weight is 259 g/mol. The number of benzene rings is 1. The highest BCUT2D eigenvalue weighted by molar-refractivity contribution is 5.61. The third kappa shape index (κ3) is 3.44. The lowest BCUT2D eigenvalue weighted by Crippen LogP contribution is -2.17. The van der Waals surface area contributed by atoms with Crippen molar-refractivity contribution in [2.45, 2.75) is 32.1 Å². The molecule has 0 aliphatic heterocycles. The molecule has 5 nitrogen and oxygen atoms in total. The Kier molecular flexibility index (Phi) is 4.35. The molecule has 1 fully saturated rings. The van der Waals surface area contributed by atoms with Gasteiger partial charge in [-0.15, -0.1) is 0 Å². The van der Waals surface area contributed by atoms with E-state index < -0.39 is 4.92 Å². The van der Waals surface area contributed by atoms with E-state index in [2.05, 4.69) is 5.32 Å². The number of nitro groups is 1. The van der Waals surface area contributed by atoms with Crippen molar-refractivity contribution in [3.05, 3.63) is 33.9 Å². The fourth-order valence-electron chi connectivity index (χ4n) is 2.54. The van der Waals surface area contributed by atoms with Crippen LogP contribution in [0.4, 0.5) is 11.4 Å². The van der Waals surface area contributed by atoms with Crippen molar-refractivity contribution in [2.24, 2.45) is 5.92 Å². The number of rotatable bonds is 4. The lowest BCUT2D eigenvalue weighted by molar-refractivity contribution is -0.384. The Morgan fingerprint density at radius 1 is 1.37 bits per heavy atom. The maximum Gasteiger partial charge on any atom is 0.270 e. The first-order chi connectivity index (χ1) is 9.20. The van der Waals surface area contributed by atoms with Crippen LogP contribution in [0.3, 0.4) is 0 Å². The molecule has 0 bridgehead atoms. The number of hydrogen-bond acceptors (Lipinski definition) is 4. The van der Waals surface area contributed by atoms with Gasteiger partial charge in [0.05, 0.1) is 16.2 Å². The number of nitriles is 1. The van der Waals surface area contributed by atoms with E-state index in [-0.39, 0.29) is 5.69 Å². The minimum Gasteiger partial charge on any atom is -0.384 e. The highest BCUT2D eigenvalue weighted by atomic mass is 16.6. The zero-order valence-corrected chi connectivity index (χ0v) is 10.8. The first-order valence-electron chi connectivity index (χ1n) is 6.63. The summed E-state index contributed by atoms with van der Waals surface area (Å²) >= 11 is 0. The number of nitrogens with one attached hydrogen (secondary N) is 1. The Morgan fingerprint density at radius 3 is 2.74 bits per heavy atom. The van der Waals surface area contributed by atoms with Crippen LogP contribution in [-0.2, 0) is 0 Å². The van der Waals surface area contributed by atoms with Crippen LogP contribution in [0.1, 0.15) is 37.7 Å². The van der Waals surface area contributed by atoms with Crippen LogP contribution in [-0.4, -0.2) is 11.5 Å². The molecule has 0 heterocycles. The number of anilines is 1. The van der Waals surface area contributed by atoms with Gasteiger partial charge in [-0.1, -0.05) is 19.3 Å². The summed E-state index contributed by atoms with van der Waals surface area (Å²) in [7, 11) is 0. The van der Waals surface area contributed by atoms with Crippen molar-refractivity contribution in [2.75, 3.05) is 11.9 Å². The van der Waals surface area contributed by atoms with E-state index in [0.29, 0.717) is 17.2 Å². The van der Waals surface area contributed by atoms with E-state index in [1.54, 1.807) is 6.07 Å². The van der Waals surface area contributed by atoms with Crippen LogP contribution < -0.4 is 5.32 Å². The molecule has 0 atom stereocenters. The van der Waals surface area contributed by atoms with Gasteiger partial charge >= 0.3 is 0 Å². The minimum absolute atomic E-state index is 0.0419. The van der Waals surface area contributed by atoms with E-state index in [9.17, 15) is 10.1 Å². The van der Waals surface area contributed by atoms with Gasteiger partial charge in [0.1, 0.15) is 6.07 Å². The summed E-state index contributed by atoms with van der Waals surface area (Å²) in [6, 6.07) is 6.39. The lowest BCUT2D eigenvalue weighted by Gasteiger charge is -2.22. The van der Waals surface area contributed by atoms with Crippen molar-refractivity contribution >= 4 is 11.4 Å². The van der Waals surface area contributed by atoms with E-state index in [1.165, 1.54) is 44.2 Å². The first-order valence-corrected chi connectivity index (χ1v) is 6.63. The van der Waals surface area contributed by atoms with Crippen LogP contribution >= 0.6 is 0 Å². The van der Waals surface area contributed by atoms with Crippen LogP contribution in [0.5, 0.6) is 0 Å². The maximum atomic E-state index is 10.7. The quantitative estimate of drug-likeness (QED) is 0.663. The monoisotopic (exact) mass is 259 g/mol. The zero-order chi connectivity index (χ0) is 13.7. The van der Waals surface area contributed by atoms with Gasteiger partial charge in [0.25, 0.3) is 5.69 Å². The molecule has 0 unspecified atom stereocenters. The topological polar surface area (TPSA) is 79.0 Å². The second kappa shape index (κ2) is 6.19. The second-order valence-electron chi connectivity index (χ2n) is 4.98. The van der Waals surface area contributed by atoms with Gasteiger partial charge < -0.3 is 5.32 Å². The van der Waals surface area contributed by atoms with Gasteiger partial charge in [-0.3, -0.25) is 10.1 Å². The van der Waals surface area contributed by atoms with Crippen LogP contribution in [0.15, 0.2) is 18.2 Å². The van der Waals surface area contributed by atoms with E-state index in [0.717, 1.165) is 6.54 Å². The van der Waals surface area contributed by atoms with Crippen molar-refractivity contribution in [1.29, 1.82) is 5.26 Å². The normalized spacial score (nSPS) is 15.7. The molecule has 5 heteroatoms. The van der Waals surface area contributed by atoms with E-state index in [4.69, 9.17) is 5.26 Å². The Balaban J connectivity index is 2.03. The summed E-state index contributed by atoms with van der Waals surface area (Å²) in [4.78, 5) is 10.2. The Labute approximate surface area is 112 Å². The van der Waals surface area contributed by atoms with Crippen LogP contribution in [0.25, 0.3) is 0 Å². The van der Waals surface area contributed by atoms with Gasteiger partial charge in [-0.2, -0.15) is 5.26 Å². The molecule has 1 aliphatic carbocycles. The summed E-state index contributed by atoms with van der Waals surface area (Å²) in [6.07, 6.45) is 6.32. The molecule has 1 aromatic carbocycles. The first kappa shape index (κ1) is 13.3. The molecular formula is C14H17N3O2. The standard InChI is InChI=1S/C14H17N3O2/c15-9-12-8-13(17(18)19)6-7-14(12)16-10-11-4-2-1-3-5-11/h6-8,11,16H,1-5,10H2. The van der Waals surface area contributed by atoms with Gasteiger partial charge in [0.15, 0.2) is 0 Å². The largest absolute Gasteiger partial charge is 0.384 e. The molecule has 1 aromatic rings. The summed E-state index contributed by atoms with van der Waals surface area (Å²) < 4.78 is 0. The maximum absolute atomic E-state index is 10.7. The van der Waals surface area contributed by atoms with Gasteiger partial charge in [0.2, 0.25) is 0 Å².